The molecule has 116 valence electrons. The number of nitrogens with zero attached hydrogens (tertiary/aromatic N) is 2. The SMILES string of the molecule is Cc1ccc(NC(=O)c2nnc(-c3cccc(Cl)c3)o2)c(C)c1. The number of carbonyl (C=O) groups excluding carboxylic acids is 1. The number of halogens is 1. The Morgan fingerprint density at radius 3 is 2.70 bits per heavy atom. The van der Waals surface area contributed by atoms with Crippen molar-refractivity contribution in [2.45, 2.75) is 13.8 Å². The Kier molecular flexibility index (Phi) is 4.12. The van der Waals surface area contributed by atoms with Crippen molar-refractivity contribution in [3.63, 3.8) is 0 Å². The van der Waals surface area contributed by atoms with E-state index >= 15 is 0 Å². The van der Waals surface area contributed by atoms with Gasteiger partial charge in [-0.05, 0) is 43.7 Å². The van der Waals surface area contributed by atoms with E-state index in [1.54, 1.807) is 24.3 Å². The van der Waals surface area contributed by atoms with Crippen molar-refractivity contribution < 1.29 is 9.21 Å². The fourth-order valence-corrected chi connectivity index (χ4v) is 2.37. The van der Waals surface area contributed by atoms with Crippen LogP contribution in [0.4, 0.5) is 5.69 Å². The maximum absolute atomic E-state index is 12.2. The van der Waals surface area contributed by atoms with E-state index in [9.17, 15) is 4.79 Å². The van der Waals surface area contributed by atoms with Gasteiger partial charge in [0.2, 0.25) is 5.89 Å². The van der Waals surface area contributed by atoms with Crippen LogP contribution in [0.15, 0.2) is 46.9 Å². The van der Waals surface area contributed by atoms with Gasteiger partial charge < -0.3 is 9.73 Å². The van der Waals surface area contributed by atoms with Gasteiger partial charge in [-0.2, -0.15) is 0 Å². The average molecular weight is 328 g/mol. The molecule has 0 radical (unpaired) electrons. The molecule has 0 aliphatic carbocycles. The predicted octanol–water partition coefficient (Wildman–Crippen LogP) is 4.26. The lowest BCUT2D eigenvalue weighted by Gasteiger charge is -2.06. The molecule has 0 unspecified atom stereocenters. The van der Waals surface area contributed by atoms with Gasteiger partial charge in [-0.15, -0.1) is 10.2 Å². The molecular formula is C17H14ClN3O2. The zero-order valence-electron chi connectivity index (χ0n) is 12.6. The molecule has 0 spiro atoms. The molecular weight excluding hydrogens is 314 g/mol. The maximum atomic E-state index is 12.2. The molecule has 23 heavy (non-hydrogen) atoms. The summed E-state index contributed by atoms with van der Waals surface area (Å²) in [6, 6.07) is 12.8. The minimum Gasteiger partial charge on any atom is -0.412 e. The monoisotopic (exact) mass is 327 g/mol. The van der Waals surface area contributed by atoms with Crippen LogP contribution >= 0.6 is 11.6 Å². The van der Waals surface area contributed by atoms with E-state index in [0.29, 0.717) is 16.3 Å². The molecule has 1 heterocycles. The number of amides is 1. The lowest BCUT2D eigenvalue weighted by Crippen LogP contribution is -2.13. The molecule has 1 amide bonds. The van der Waals surface area contributed by atoms with E-state index in [-0.39, 0.29) is 11.8 Å². The van der Waals surface area contributed by atoms with Gasteiger partial charge in [0.25, 0.3) is 0 Å². The number of nitrogens with one attached hydrogen (secondary N) is 1. The molecule has 1 aromatic heterocycles. The molecule has 0 bridgehead atoms. The molecule has 2 aromatic carbocycles. The standard InChI is InChI=1S/C17H14ClN3O2/c1-10-6-7-14(11(2)8-10)19-15(22)17-21-20-16(23-17)12-4-3-5-13(18)9-12/h3-9H,1-2H3,(H,19,22). The Morgan fingerprint density at radius 1 is 1.13 bits per heavy atom. The first kappa shape index (κ1) is 15.2. The van der Waals surface area contributed by atoms with E-state index in [4.69, 9.17) is 16.0 Å². The molecule has 0 aliphatic heterocycles. The first-order valence-corrected chi connectivity index (χ1v) is 7.39. The maximum Gasteiger partial charge on any atom is 0.313 e. The summed E-state index contributed by atoms with van der Waals surface area (Å²) in [6.45, 7) is 3.92. The second kappa shape index (κ2) is 6.22. The van der Waals surface area contributed by atoms with E-state index in [1.807, 2.05) is 32.0 Å². The number of hydrogen-bond acceptors (Lipinski definition) is 4. The number of carbonyl (C=O) groups is 1. The number of benzene rings is 2. The highest BCUT2D eigenvalue weighted by Gasteiger charge is 2.17. The van der Waals surface area contributed by atoms with Crippen molar-refractivity contribution in [2.75, 3.05) is 5.32 Å². The number of anilines is 1. The molecule has 3 rings (SSSR count). The summed E-state index contributed by atoms with van der Waals surface area (Å²) in [7, 11) is 0. The fourth-order valence-electron chi connectivity index (χ4n) is 2.18. The van der Waals surface area contributed by atoms with Crippen LogP contribution in [-0.2, 0) is 0 Å². The van der Waals surface area contributed by atoms with E-state index < -0.39 is 5.91 Å². The second-order valence-electron chi connectivity index (χ2n) is 5.20. The highest BCUT2D eigenvalue weighted by Crippen LogP contribution is 2.22. The summed E-state index contributed by atoms with van der Waals surface area (Å²) in [5, 5.41) is 11.0. The molecule has 6 heteroatoms. The quantitative estimate of drug-likeness (QED) is 0.780. The van der Waals surface area contributed by atoms with E-state index in [2.05, 4.69) is 15.5 Å². The molecule has 1 N–H and O–H groups in total. The van der Waals surface area contributed by atoms with Crippen LogP contribution in [0.5, 0.6) is 0 Å². The average Bonchev–Trinajstić information content (AvgIpc) is 3.00. The number of aryl methyl sites for hydroxylation is 2. The van der Waals surface area contributed by atoms with Crippen molar-refractivity contribution in [1.29, 1.82) is 0 Å². The van der Waals surface area contributed by atoms with Crippen LogP contribution in [0.3, 0.4) is 0 Å². The fraction of sp³-hybridized carbons (Fsp3) is 0.118. The summed E-state index contributed by atoms with van der Waals surface area (Å²) >= 11 is 5.93. The zero-order valence-corrected chi connectivity index (χ0v) is 13.4. The number of aromatic nitrogens is 2. The molecule has 0 saturated carbocycles. The highest BCUT2D eigenvalue weighted by atomic mass is 35.5. The van der Waals surface area contributed by atoms with Crippen LogP contribution in [0.1, 0.15) is 21.8 Å². The summed E-state index contributed by atoms with van der Waals surface area (Å²) in [6.07, 6.45) is 0. The molecule has 0 saturated heterocycles. The topological polar surface area (TPSA) is 68.0 Å². The Labute approximate surface area is 138 Å². The van der Waals surface area contributed by atoms with Crippen molar-refractivity contribution in [1.82, 2.24) is 10.2 Å². The Hall–Kier alpha value is -2.66. The van der Waals surface area contributed by atoms with Crippen molar-refractivity contribution in [3.05, 3.63) is 64.5 Å². The highest BCUT2D eigenvalue weighted by molar-refractivity contribution is 6.30. The van der Waals surface area contributed by atoms with Gasteiger partial charge in [0.1, 0.15) is 0 Å². The molecule has 5 nitrogen and oxygen atoms in total. The Balaban J connectivity index is 1.81. The molecule has 0 fully saturated rings. The summed E-state index contributed by atoms with van der Waals surface area (Å²) in [5.74, 6) is -0.295. The molecule has 0 aliphatic rings. The largest absolute Gasteiger partial charge is 0.412 e. The summed E-state index contributed by atoms with van der Waals surface area (Å²) in [5.41, 5.74) is 3.47. The van der Waals surface area contributed by atoms with Gasteiger partial charge >= 0.3 is 11.8 Å². The minimum absolute atomic E-state index is 0.0973. The summed E-state index contributed by atoms with van der Waals surface area (Å²) < 4.78 is 5.43. The minimum atomic E-state index is -0.447. The Morgan fingerprint density at radius 2 is 1.96 bits per heavy atom. The summed E-state index contributed by atoms with van der Waals surface area (Å²) in [4.78, 5) is 12.2. The van der Waals surface area contributed by atoms with Crippen LogP contribution in [0.2, 0.25) is 5.02 Å². The molecule has 3 aromatic rings. The third-order valence-corrected chi connectivity index (χ3v) is 3.56. The van der Waals surface area contributed by atoms with E-state index in [1.165, 1.54) is 0 Å². The van der Waals surface area contributed by atoms with Gasteiger partial charge in [-0.1, -0.05) is 35.4 Å². The third kappa shape index (κ3) is 3.40. The van der Waals surface area contributed by atoms with Gasteiger partial charge in [0.15, 0.2) is 0 Å². The Bertz CT molecular complexity index is 874. The van der Waals surface area contributed by atoms with Gasteiger partial charge in [0, 0.05) is 16.3 Å². The lowest BCUT2D eigenvalue weighted by atomic mass is 10.1. The first-order valence-electron chi connectivity index (χ1n) is 7.01. The van der Waals surface area contributed by atoms with Crippen LogP contribution < -0.4 is 5.32 Å². The van der Waals surface area contributed by atoms with Gasteiger partial charge in [0.05, 0.1) is 0 Å². The lowest BCUT2D eigenvalue weighted by molar-refractivity contribution is 0.0990. The van der Waals surface area contributed by atoms with Crippen molar-refractivity contribution in [3.8, 4) is 11.5 Å². The first-order chi connectivity index (χ1) is 11.0. The van der Waals surface area contributed by atoms with Crippen LogP contribution in [0, 0.1) is 13.8 Å². The van der Waals surface area contributed by atoms with Gasteiger partial charge in [-0.25, -0.2) is 0 Å². The van der Waals surface area contributed by atoms with Crippen LogP contribution in [0.25, 0.3) is 11.5 Å². The molecule has 0 atom stereocenters. The van der Waals surface area contributed by atoms with Gasteiger partial charge in [-0.3, -0.25) is 4.79 Å². The normalized spacial score (nSPS) is 10.6. The number of hydrogen-bond donors (Lipinski definition) is 1. The van der Waals surface area contributed by atoms with E-state index in [0.717, 1.165) is 11.1 Å². The second-order valence-corrected chi connectivity index (χ2v) is 5.63. The smallest absolute Gasteiger partial charge is 0.313 e. The number of rotatable bonds is 3. The predicted molar refractivity (Wildman–Crippen MR) is 88.6 cm³/mol. The van der Waals surface area contributed by atoms with Crippen LogP contribution in [-0.4, -0.2) is 16.1 Å². The van der Waals surface area contributed by atoms with Crippen molar-refractivity contribution >= 4 is 23.2 Å². The zero-order chi connectivity index (χ0) is 16.4. The third-order valence-electron chi connectivity index (χ3n) is 3.32. The van der Waals surface area contributed by atoms with Crippen molar-refractivity contribution in [2.24, 2.45) is 0 Å².